The number of benzene rings is 2. The molecule has 98 heavy (non-hydrogen) atoms. The van der Waals surface area contributed by atoms with Crippen LogP contribution in [0.5, 0.6) is 17.2 Å². The quantitative estimate of drug-likeness (QED) is 0.0222. The van der Waals surface area contributed by atoms with Crippen molar-refractivity contribution in [3.8, 4) is 17.2 Å². The van der Waals surface area contributed by atoms with Gasteiger partial charge in [-0.1, -0.05) is 46.2 Å². The second-order valence-corrected chi connectivity index (χ2v) is 25.1. The standard InChI is InChI=1S/C64H83N11O23/c1-8-29(4)53(73-43(80)24-68-60(91)36(19-28(2)3)72-62(93)37-12-10-18-74(37)47(84)25-66-44(81)26-75-45(82)16-17-46(75)83)63(94)69-30(5)59(90)67-23-42(79)70-34(14-15-41(65)78)61(92)71-35-20-48(97-31(6)54(35)85)98-39-22-64(95,40(77)27-76)21-33-50(39)58(89)52-51(56(33)87)55(86)32-11-9-13-38(96-7)49(32)57(52)88/h9,11,13,16-17,28-31,34-37,39,48,53-54,76,85,87,89,95H,8,10,12,14-15,18-27H2,1-7H3,(H2,65,78)(H,66,81)(H,67,90)(H,68,91)(H,69,94)(H,70,79)(H,71,92)(H,72,93)(H,73,80)/t29-,30-,31-,34-,35-,36-,37-,39-,48-,53-,54+,64-/m0/s1. The van der Waals surface area contributed by atoms with E-state index in [-0.39, 0.29) is 53.3 Å². The molecule has 2 fully saturated rings. The zero-order chi connectivity index (χ0) is 72.4. The van der Waals surface area contributed by atoms with Gasteiger partial charge in [-0.25, -0.2) is 0 Å². The highest BCUT2D eigenvalue weighted by Crippen LogP contribution is 2.52. The van der Waals surface area contributed by atoms with Gasteiger partial charge in [0.2, 0.25) is 64.9 Å². The summed E-state index contributed by atoms with van der Waals surface area (Å²) in [5, 5.41) is 76.5. The van der Waals surface area contributed by atoms with Crippen molar-refractivity contribution < 1.29 is 112 Å². The molecule has 0 unspecified atom stereocenters. The van der Waals surface area contributed by atoms with Crippen LogP contribution >= 0.6 is 0 Å². The van der Waals surface area contributed by atoms with E-state index in [2.05, 4.69) is 42.5 Å². The van der Waals surface area contributed by atoms with Crippen molar-refractivity contribution in [1.29, 1.82) is 0 Å². The van der Waals surface area contributed by atoms with Crippen LogP contribution in [0.3, 0.4) is 0 Å². The molecule has 0 bridgehead atoms. The van der Waals surface area contributed by atoms with Crippen molar-refractivity contribution >= 4 is 88.2 Å². The van der Waals surface area contributed by atoms with Gasteiger partial charge in [0.05, 0.1) is 61.7 Å². The van der Waals surface area contributed by atoms with Crippen molar-refractivity contribution in [3.05, 3.63) is 63.7 Å². The number of hydrogen-bond acceptors (Lipinski definition) is 23. The molecule has 0 aromatic heterocycles. The van der Waals surface area contributed by atoms with Crippen molar-refractivity contribution in [2.45, 2.75) is 166 Å². The van der Waals surface area contributed by atoms with Gasteiger partial charge in [0.25, 0.3) is 11.8 Å². The Balaban J connectivity index is 0.928. The van der Waals surface area contributed by atoms with Gasteiger partial charge in [-0.05, 0) is 57.4 Å². The number of phenolic OH excluding ortho intramolecular Hbond substituents is 2. The number of methoxy groups -OCH3 is 1. The molecule has 0 saturated carbocycles. The van der Waals surface area contributed by atoms with Gasteiger partial charge in [0.1, 0.15) is 72.3 Å². The number of phenols is 2. The minimum atomic E-state index is -2.51. The Bertz CT molecular complexity index is 3560. The smallest absolute Gasteiger partial charge is 0.254 e. The molecular formula is C64H83N11O23. The van der Waals surface area contributed by atoms with Gasteiger partial charge < -0.3 is 92.9 Å². The topological polar surface area (TPSA) is 514 Å². The van der Waals surface area contributed by atoms with E-state index in [1.807, 2.05) is 0 Å². The first kappa shape index (κ1) is 75.6. The molecule has 12 atom stereocenters. The fourth-order valence-electron chi connectivity index (χ4n) is 12.2. The summed E-state index contributed by atoms with van der Waals surface area (Å²) in [6, 6.07) is -3.60. The van der Waals surface area contributed by atoms with E-state index in [4.69, 9.17) is 19.9 Å². The molecule has 7 rings (SSSR count). The minimum Gasteiger partial charge on any atom is -0.507 e. The van der Waals surface area contributed by atoms with Gasteiger partial charge >= 0.3 is 0 Å². The van der Waals surface area contributed by atoms with Gasteiger partial charge in [0.15, 0.2) is 17.9 Å². The minimum absolute atomic E-state index is 0.0255. The molecule has 15 N–H and O–H groups in total. The lowest BCUT2D eigenvalue weighted by atomic mass is 9.72. The maximum Gasteiger partial charge on any atom is 0.254 e. The molecule has 2 aliphatic carbocycles. The number of nitrogens with zero attached hydrogens (tertiary/aromatic N) is 2. The Morgan fingerprint density at radius 2 is 1.44 bits per heavy atom. The number of Topliss-reactive ketones (excluding diaryl/α,β-unsaturated/α-hetero) is 1. The summed E-state index contributed by atoms with van der Waals surface area (Å²) in [4.78, 5) is 200. The average molecular weight is 1370 g/mol. The molecule has 34 nitrogen and oxygen atoms in total. The summed E-state index contributed by atoms with van der Waals surface area (Å²) >= 11 is 0. The lowest BCUT2D eigenvalue weighted by molar-refractivity contribution is -0.249. The number of carbonyl (C=O) groups is 15. The van der Waals surface area contributed by atoms with E-state index >= 15 is 0 Å². The third kappa shape index (κ3) is 17.5. The molecule has 0 spiro atoms. The highest BCUT2D eigenvalue weighted by atomic mass is 16.7. The monoisotopic (exact) mass is 1370 g/mol. The Morgan fingerprint density at radius 3 is 2.07 bits per heavy atom. The number of ether oxygens (including phenoxy) is 3. The SMILES string of the molecule is CC[C@H](C)[C@H](NC(=O)CNC(=O)[C@H](CC(C)C)NC(=O)[C@@H]1CCCN1C(=O)CNC(=O)CN1C(=O)C=CC1=O)C(=O)N[C@@H](C)C(=O)NCC(=O)N[C@@H](CCC(N)=O)C(=O)N[C@H]1C[C@H](O[C@H]2C[C@](O)(C(=O)CO)Cc3c(O)c4c(c(O)c32)C(=O)c2c(OC)cccc2C4=O)O[C@@H](C)[C@H]1O. The second kappa shape index (κ2) is 32.5. The van der Waals surface area contributed by atoms with Crippen LogP contribution in [-0.2, 0) is 78.2 Å². The highest BCUT2D eigenvalue weighted by Gasteiger charge is 2.51. The molecule has 2 saturated heterocycles. The number of primary amides is 1. The van der Waals surface area contributed by atoms with Gasteiger partial charge in [-0.15, -0.1) is 0 Å². The number of aliphatic hydroxyl groups excluding tert-OH is 2. The molecule has 3 aliphatic heterocycles. The fourth-order valence-corrected chi connectivity index (χ4v) is 12.2. The molecule has 0 radical (unpaired) electrons. The number of ketones is 3. The van der Waals surface area contributed by atoms with Crippen LogP contribution in [0.1, 0.15) is 142 Å². The van der Waals surface area contributed by atoms with Crippen LogP contribution in [0, 0.1) is 11.8 Å². The van der Waals surface area contributed by atoms with Crippen molar-refractivity contribution in [1.82, 2.24) is 52.3 Å². The molecule has 34 heteroatoms. The number of amides is 12. The predicted molar refractivity (Wildman–Crippen MR) is 336 cm³/mol. The number of hydrogen-bond donors (Lipinski definition) is 14. The molecule has 5 aliphatic rings. The van der Waals surface area contributed by atoms with Crippen LogP contribution in [0.4, 0.5) is 0 Å². The van der Waals surface area contributed by atoms with Crippen LogP contribution in [0.2, 0.25) is 0 Å². The van der Waals surface area contributed by atoms with E-state index < -0.39 is 248 Å². The van der Waals surface area contributed by atoms with Gasteiger partial charge in [0, 0.05) is 61.1 Å². The Kier molecular flexibility index (Phi) is 25.1. The third-order valence-corrected chi connectivity index (χ3v) is 17.7. The average Bonchev–Trinajstić information content (AvgIpc) is 0.743. The van der Waals surface area contributed by atoms with Crippen LogP contribution in [0.25, 0.3) is 0 Å². The summed E-state index contributed by atoms with van der Waals surface area (Å²) in [6.45, 7) is 5.90. The van der Waals surface area contributed by atoms with E-state index in [1.54, 1.807) is 27.7 Å². The van der Waals surface area contributed by atoms with Crippen LogP contribution < -0.4 is 53.0 Å². The van der Waals surface area contributed by atoms with Crippen molar-refractivity contribution in [2.75, 3.05) is 46.4 Å². The number of fused-ring (bicyclic) bond motifs is 3. The molecule has 532 valence electrons. The third-order valence-electron chi connectivity index (χ3n) is 17.7. The number of aliphatic hydroxyl groups is 3. The maximum atomic E-state index is 14.2. The van der Waals surface area contributed by atoms with E-state index in [0.717, 1.165) is 12.2 Å². The summed E-state index contributed by atoms with van der Waals surface area (Å²) in [7, 11) is 1.25. The number of imide groups is 1. The number of carbonyl (C=O) groups excluding carboxylic acids is 15. The Hall–Kier alpha value is -9.77. The Morgan fingerprint density at radius 1 is 0.786 bits per heavy atom. The second-order valence-electron chi connectivity index (χ2n) is 25.1. The summed E-state index contributed by atoms with van der Waals surface area (Å²) in [6.07, 6.45) is -5.58. The first-order valence-corrected chi connectivity index (χ1v) is 31.9. The van der Waals surface area contributed by atoms with Gasteiger partial charge in [-0.2, -0.15) is 0 Å². The van der Waals surface area contributed by atoms with Crippen molar-refractivity contribution in [2.24, 2.45) is 17.6 Å². The van der Waals surface area contributed by atoms with E-state index in [9.17, 15) is 97.5 Å². The lowest BCUT2D eigenvalue weighted by Crippen LogP contribution is -2.59. The first-order valence-electron chi connectivity index (χ1n) is 31.9. The predicted octanol–water partition coefficient (Wildman–Crippen LogP) is -4.26. The normalized spacial score (nSPS) is 22.4. The molecule has 2 aromatic rings. The summed E-state index contributed by atoms with van der Waals surface area (Å²) < 4.78 is 17.5. The molecular weight excluding hydrogens is 1290 g/mol. The zero-order valence-electron chi connectivity index (χ0n) is 55.0. The number of nitrogens with one attached hydrogen (secondary N) is 8. The highest BCUT2D eigenvalue weighted by molar-refractivity contribution is 6.31. The van der Waals surface area contributed by atoms with E-state index in [0.29, 0.717) is 17.7 Å². The Labute approximate surface area is 561 Å². The van der Waals surface area contributed by atoms with Crippen LogP contribution in [0.15, 0.2) is 30.4 Å². The first-order chi connectivity index (χ1) is 46.2. The number of likely N-dealkylation sites (tertiary alicyclic amines) is 1. The molecule has 3 heterocycles. The van der Waals surface area contributed by atoms with Gasteiger partial charge in [-0.3, -0.25) is 76.8 Å². The number of aromatic hydroxyl groups is 2. The molecule has 12 amide bonds. The largest absolute Gasteiger partial charge is 0.507 e. The lowest BCUT2D eigenvalue weighted by Gasteiger charge is -2.43. The zero-order valence-corrected chi connectivity index (χ0v) is 55.0. The number of nitrogens with two attached hydrogens (primary N) is 1. The van der Waals surface area contributed by atoms with Crippen LogP contribution in [-0.4, -0.2) is 230 Å². The number of rotatable bonds is 30. The maximum absolute atomic E-state index is 14.2. The van der Waals surface area contributed by atoms with Crippen molar-refractivity contribution in [3.63, 3.8) is 0 Å². The van der Waals surface area contributed by atoms with E-state index in [1.165, 1.54) is 44.1 Å². The summed E-state index contributed by atoms with van der Waals surface area (Å²) in [5.41, 5.74) is 0.519. The summed E-state index contributed by atoms with van der Waals surface area (Å²) in [5.74, 6) is -15.1. The fraction of sp³-hybridized carbons (Fsp3) is 0.547. The molecule has 2 aromatic carbocycles.